The lowest BCUT2D eigenvalue weighted by molar-refractivity contribution is -0.384. The van der Waals surface area contributed by atoms with Crippen LogP contribution in [0.15, 0.2) is 53.1 Å². The number of nitro benzene ring substituents is 1. The minimum atomic E-state index is -0.485. The number of benzene rings is 2. The van der Waals surface area contributed by atoms with E-state index in [9.17, 15) is 14.9 Å². The summed E-state index contributed by atoms with van der Waals surface area (Å²) in [7, 11) is 0. The third-order valence-corrected chi connectivity index (χ3v) is 3.13. The van der Waals surface area contributed by atoms with Crippen LogP contribution in [0.2, 0.25) is 0 Å². The lowest BCUT2D eigenvalue weighted by Gasteiger charge is -2.04. The molecule has 0 aliphatic heterocycles. The Bertz CT molecular complexity index is 902. The Morgan fingerprint density at radius 3 is 2.54 bits per heavy atom. The SMILES string of the molecule is CC(=O)Oc1ccccc1-c1nc(-c2ccc([N+](=O)[O-])cc2)no1. The van der Waals surface area contributed by atoms with Gasteiger partial charge in [-0.05, 0) is 24.3 Å². The number of para-hydroxylation sites is 1. The number of aromatic nitrogens is 2. The van der Waals surface area contributed by atoms with Crippen LogP contribution in [0.25, 0.3) is 22.8 Å². The maximum Gasteiger partial charge on any atom is 0.308 e. The fourth-order valence-corrected chi connectivity index (χ4v) is 2.07. The quantitative estimate of drug-likeness (QED) is 0.313. The van der Waals surface area contributed by atoms with Gasteiger partial charge in [0.25, 0.3) is 11.6 Å². The number of ether oxygens (including phenoxy) is 1. The summed E-state index contributed by atoms with van der Waals surface area (Å²) in [6, 6.07) is 12.6. The maximum atomic E-state index is 11.2. The maximum absolute atomic E-state index is 11.2. The molecule has 0 spiro atoms. The van der Waals surface area contributed by atoms with Crippen molar-refractivity contribution in [3.8, 4) is 28.6 Å². The molecule has 1 aromatic heterocycles. The first-order valence-corrected chi connectivity index (χ1v) is 6.91. The van der Waals surface area contributed by atoms with E-state index in [-0.39, 0.29) is 17.4 Å². The van der Waals surface area contributed by atoms with E-state index >= 15 is 0 Å². The Kier molecular flexibility index (Phi) is 4.02. The van der Waals surface area contributed by atoms with Gasteiger partial charge in [-0.15, -0.1) is 0 Å². The second-order valence-electron chi connectivity index (χ2n) is 4.82. The van der Waals surface area contributed by atoms with E-state index < -0.39 is 10.9 Å². The lowest BCUT2D eigenvalue weighted by atomic mass is 10.2. The van der Waals surface area contributed by atoms with Crippen molar-refractivity contribution in [1.29, 1.82) is 0 Å². The van der Waals surface area contributed by atoms with E-state index in [1.54, 1.807) is 24.3 Å². The first kappa shape index (κ1) is 15.3. The monoisotopic (exact) mass is 325 g/mol. The Morgan fingerprint density at radius 2 is 1.88 bits per heavy atom. The zero-order valence-electron chi connectivity index (χ0n) is 12.5. The molecule has 0 saturated carbocycles. The van der Waals surface area contributed by atoms with E-state index in [1.807, 2.05) is 0 Å². The molecule has 0 N–H and O–H groups in total. The van der Waals surface area contributed by atoms with E-state index in [4.69, 9.17) is 9.26 Å². The smallest absolute Gasteiger partial charge is 0.308 e. The Balaban J connectivity index is 1.94. The molecule has 8 heteroatoms. The fourth-order valence-electron chi connectivity index (χ4n) is 2.07. The second-order valence-corrected chi connectivity index (χ2v) is 4.82. The van der Waals surface area contributed by atoms with Crippen LogP contribution in [0.3, 0.4) is 0 Å². The predicted octanol–water partition coefficient (Wildman–Crippen LogP) is 3.24. The third-order valence-electron chi connectivity index (χ3n) is 3.13. The van der Waals surface area contributed by atoms with Gasteiger partial charge in [-0.25, -0.2) is 0 Å². The highest BCUT2D eigenvalue weighted by Gasteiger charge is 2.16. The van der Waals surface area contributed by atoms with Crippen molar-refractivity contribution >= 4 is 11.7 Å². The van der Waals surface area contributed by atoms with Gasteiger partial charge in [0.2, 0.25) is 5.82 Å². The zero-order chi connectivity index (χ0) is 17.1. The normalized spacial score (nSPS) is 10.4. The number of nitrogens with zero attached hydrogens (tertiary/aromatic N) is 3. The standard InChI is InChI=1S/C16H11N3O5/c1-10(20)23-14-5-3-2-4-13(14)16-17-15(18-24-16)11-6-8-12(9-7-11)19(21)22/h2-9H,1H3. The molecule has 0 amide bonds. The average Bonchev–Trinajstić information content (AvgIpc) is 3.04. The van der Waals surface area contributed by atoms with Gasteiger partial charge in [0.05, 0.1) is 10.5 Å². The summed E-state index contributed by atoms with van der Waals surface area (Å²) in [5, 5.41) is 14.5. The lowest BCUT2D eigenvalue weighted by Crippen LogP contribution is -2.02. The van der Waals surface area contributed by atoms with Gasteiger partial charge in [-0.3, -0.25) is 14.9 Å². The van der Waals surface area contributed by atoms with Crippen LogP contribution in [0, 0.1) is 10.1 Å². The Hall–Kier alpha value is -3.55. The Morgan fingerprint density at radius 1 is 1.17 bits per heavy atom. The molecule has 0 aliphatic rings. The zero-order valence-corrected chi connectivity index (χ0v) is 12.5. The van der Waals surface area contributed by atoms with Gasteiger partial charge >= 0.3 is 5.97 Å². The number of carbonyl (C=O) groups is 1. The molecule has 120 valence electrons. The predicted molar refractivity (Wildman–Crippen MR) is 83.1 cm³/mol. The molecule has 0 radical (unpaired) electrons. The van der Waals surface area contributed by atoms with Crippen LogP contribution >= 0.6 is 0 Å². The van der Waals surface area contributed by atoms with E-state index in [0.717, 1.165) is 0 Å². The van der Waals surface area contributed by atoms with Crippen molar-refractivity contribution in [3.63, 3.8) is 0 Å². The highest BCUT2D eigenvalue weighted by molar-refractivity contribution is 5.74. The highest BCUT2D eigenvalue weighted by Crippen LogP contribution is 2.30. The van der Waals surface area contributed by atoms with Crippen LogP contribution in [-0.2, 0) is 4.79 Å². The van der Waals surface area contributed by atoms with E-state index in [2.05, 4.69) is 10.1 Å². The summed E-state index contributed by atoms with van der Waals surface area (Å²) in [6.07, 6.45) is 0. The van der Waals surface area contributed by atoms with Gasteiger partial charge < -0.3 is 9.26 Å². The topological polar surface area (TPSA) is 108 Å². The molecule has 3 aromatic rings. The number of carbonyl (C=O) groups excluding carboxylic acids is 1. The van der Waals surface area contributed by atoms with Crippen molar-refractivity contribution in [3.05, 3.63) is 58.6 Å². The average molecular weight is 325 g/mol. The summed E-state index contributed by atoms with van der Waals surface area (Å²) in [5.41, 5.74) is 1.02. The molecule has 24 heavy (non-hydrogen) atoms. The number of rotatable bonds is 4. The van der Waals surface area contributed by atoms with Gasteiger partial charge in [0.1, 0.15) is 5.75 Å². The molecule has 3 rings (SSSR count). The molecule has 2 aromatic carbocycles. The van der Waals surface area contributed by atoms with Crippen molar-refractivity contribution in [2.24, 2.45) is 0 Å². The largest absolute Gasteiger partial charge is 0.426 e. The summed E-state index contributed by atoms with van der Waals surface area (Å²) in [6.45, 7) is 1.30. The summed E-state index contributed by atoms with van der Waals surface area (Å²) >= 11 is 0. The molecule has 0 atom stereocenters. The molecule has 0 unspecified atom stereocenters. The van der Waals surface area contributed by atoms with E-state index in [1.165, 1.54) is 31.2 Å². The van der Waals surface area contributed by atoms with Crippen LogP contribution in [0.1, 0.15) is 6.92 Å². The van der Waals surface area contributed by atoms with Gasteiger partial charge in [0, 0.05) is 24.6 Å². The molecule has 0 bridgehead atoms. The number of non-ortho nitro benzene ring substituents is 1. The van der Waals surface area contributed by atoms with E-state index in [0.29, 0.717) is 16.9 Å². The summed E-state index contributed by atoms with van der Waals surface area (Å²) < 4.78 is 10.3. The van der Waals surface area contributed by atoms with Gasteiger partial charge in [-0.2, -0.15) is 4.98 Å². The first-order valence-electron chi connectivity index (χ1n) is 6.91. The molecular formula is C16H11N3O5. The number of hydrogen-bond donors (Lipinski definition) is 0. The van der Waals surface area contributed by atoms with Crippen molar-refractivity contribution < 1.29 is 19.0 Å². The Labute approximate surface area is 135 Å². The molecule has 0 fully saturated rings. The molecule has 0 aliphatic carbocycles. The summed E-state index contributed by atoms with van der Waals surface area (Å²) in [5.74, 6) is 0.305. The molecule has 1 heterocycles. The molecule has 8 nitrogen and oxygen atoms in total. The van der Waals surface area contributed by atoms with Crippen molar-refractivity contribution in [1.82, 2.24) is 10.1 Å². The molecule has 0 saturated heterocycles. The van der Waals surface area contributed by atoms with Gasteiger partial charge in [0.15, 0.2) is 0 Å². The van der Waals surface area contributed by atoms with Crippen LogP contribution < -0.4 is 4.74 Å². The number of esters is 1. The van der Waals surface area contributed by atoms with Crippen molar-refractivity contribution in [2.45, 2.75) is 6.92 Å². The van der Waals surface area contributed by atoms with Crippen LogP contribution in [-0.4, -0.2) is 21.0 Å². The van der Waals surface area contributed by atoms with Crippen molar-refractivity contribution in [2.75, 3.05) is 0 Å². The van der Waals surface area contributed by atoms with Crippen LogP contribution in [0.5, 0.6) is 5.75 Å². The number of nitro groups is 1. The molecular weight excluding hydrogens is 314 g/mol. The second kappa shape index (κ2) is 6.29. The highest BCUT2D eigenvalue weighted by atomic mass is 16.6. The number of hydrogen-bond acceptors (Lipinski definition) is 7. The summed E-state index contributed by atoms with van der Waals surface area (Å²) in [4.78, 5) is 25.6. The first-order chi connectivity index (χ1) is 11.5. The van der Waals surface area contributed by atoms with Gasteiger partial charge in [-0.1, -0.05) is 17.3 Å². The van der Waals surface area contributed by atoms with Crippen LogP contribution in [0.4, 0.5) is 5.69 Å². The fraction of sp³-hybridized carbons (Fsp3) is 0.0625. The minimum absolute atomic E-state index is 0.0253. The minimum Gasteiger partial charge on any atom is -0.426 e. The third kappa shape index (κ3) is 3.12.